The minimum absolute atomic E-state index is 0.00712. The van der Waals surface area contributed by atoms with Crippen LogP contribution in [0.25, 0.3) is 0 Å². The van der Waals surface area contributed by atoms with Gasteiger partial charge in [0.15, 0.2) is 0 Å². The van der Waals surface area contributed by atoms with Crippen molar-refractivity contribution in [1.29, 1.82) is 0 Å². The average molecular weight is 209 g/mol. The third kappa shape index (κ3) is 4.10. The number of hydrogen-bond acceptors (Lipinski definition) is 3. The summed E-state index contributed by atoms with van der Waals surface area (Å²) in [6, 6.07) is 7.01. The van der Waals surface area contributed by atoms with Crippen molar-refractivity contribution in [2.75, 3.05) is 18.5 Å². The van der Waals surface area contributed by atoms with Crippen molar-refractivity contribution < 1.29 is 14.6 Å². The maximum Gasteiger partial charge on any atom is 0.250 e. The highest BCUT2D eigenvalue weighted by Gasteiger charge is 2.01. The maximum absolute atomic E-state index is 11.2. The fourth-order valence-electron chi connectivity index (χ4n) is 1.09. The van der Waals surface area contributed by atoms with Gasteiger partial charge in [-0.05, 0) is 24.6 Å². The Kier molecular flexibility index (Phi) is 4.80. The number of aliphatic hydroxyl groups is 1. The molecule has 0 atom stereocenters. The summed E-state index contributed by atoms with van der Waals surface area (Å²) in [5, 5.41) is 11.5. The summed E-state index contributed by atoms with van der Waals surface area (Å²) in [7, 11) is 0. The number of amides is 1. The van der Waals surface area contributed by atoms with Crippen LogP contribution in [0.15, 0.2) is 24.3 Å². The molecule has 0 aliphatic carbocycles. The van der Waals surface area contributed by atoms with Crippen LogP contribution in [0.1, 0.15) is 12.5 Å². The Bertz CT molecular complexity index is 308. The van der Waals surface area contributed by atoms with Crippen molar-refractivity contribution in [3.63, 3.8) is 0 Å². The van der Waals surface area contributed by atoms with Crippen molar-refractivity contribution in [2.24, 2.45) is 0 Å². The zero-order valence-corrected chi connectivity index (χ0v) is 8.69. The van der Waals surface area contributed by atoms with Gasteiger partial charge in [-0.1, -0.05) is 12.1 Å². The molecular weight excluding hydrogens is 194 g/mol. The molecular formula is C11H15NO3. The first-order valence-corrected chi connectivity index (χ1v) is 4.83. The van der Waals surface area contributed by atoms with Crippen LogP contribution in [0.2, 0.25) is 0 Å². The van der Waals surface area contributed by atoms with Gasteiger partial charge in [0, 0.05) is 12.3 Å². The van der Waals surface area contributed by atoms with Crippen LogP contribution >= 0.6 is 0 Å². The van der Waals surface area contributed by atoms with Crippen molar-refractivity contribution in [1.82, 2.24) is 0 Å². The summed E-state index contributed by atoms with van der Waals surface area (Å²) in [5.74, 6) is -0.173. The number of ether oxygens (including phenoxy) is 1. The number of aliphatic hydroxyl groups excluding tert-OH is 1. The predicted molar refractivity (Wildman–Crippen MR) is 57.5 cm³/mol. The van der Waals surface area contributed by atoms with Gasteiger partial charge in [-0.2, -0.15) is 0 Å². The number of carbonyl (C=O) groups is 1. The molecule has 0 aliphatic rings. The molecule has 4 nitrogen and oxygen atoms in total. The molecule has 0 spiro atoms. The van der Waals surface area contributed by atoms with E-state index in [1.807, 2.05) is 6.92 Å². The van der Waals surface area contributed by atoms with E-state index in [1.165, 1.54) is 0 Å². The number of hydrogen-bond donors (Lipinski definition) is 2. The van der Waals surface area contributed by atoms with Gasteiger partial charge in [0.2, 0.25) is 5.91 Å². The van der Waals surface area contributed by atoms with Crippen LogP contribution < -0.4 is 5.32 Å². The number of carbonyl (C=O) groups excluding carboxylic acids is 1. The van der Waals surface area contributed by atoms with E-state index in [9.17, 15) is 4.79 Å². The molecule has 0 aromatic heterocycles. The predicted octanol–water partition coefficient (Wildman–Crippen LogP) is 1.15. The van der Waals surface area contributed by atoms with E-state index in [0.717, 1.165) is 5.56 Å². The molecule has 82 valence electrons. The van der Waals surface area contributed by atoms with Gasteiger partial charge >= 0.3 is 0 Å². The largest absolute Gasteiger partial charge is 0.392 e. The molecule has 0 saturated carbocycles. The van der Waals surface area contributed by atoms with Crippen LogP contribution in [-0.4, -0.2) is 24.2 Å². The fraction of sp³-hybridized carbons (Fsp3) is 0.364. The SMILES string of the molecule is CCOCC(=O)Nc1ccc(CO)cc1. The Morgan fingerprint density at radius 2 is 2.07 bits per heavy atom. The summed E-state index contributed by atoms with van der Waals surface area (Å²) in [4.78, 5) is 11.2. The zero-order chi connectivity index (χ0) is 11.1. The summed E-state index contributed by atoms with van der Waals surface area (Å²) in [6.07, 6.45) is 0. The molecule has 4 heteroatoms. The Labute approximate surface area is 88.9 Å². The quantitative estimate of drug-likeness (QED) is 0.765. The summed E-state index contributed by atoms with van der Waals surface area (Å²) in [5.41, 5.74) is 1.52. The summed E-state index contributed by atoms with van der Waals surface area (Å²) >= 11 is 0. The van der Waals surface area contributed by atoms with E-state index in [1.54, 1.807) is 24.3 Å². The van der Waals surface area contributed by atoms with Crippen LogP contribution in [0.3, 0.4) is 0 Å². The van der Waals surface area contributed by atoms with E-state index in [0.29, 0.717) is 12.3 Å². The van der Waals surface area contributed by atoms with E-state index in [4.69, 9.17) is 9.84 Å². The molecule has 1 aromatic rings. The molecule has 0 aliphatic heterocycles. The van der Waals surface area contributed by atoms with E-state index in [2.05, 4.69) is 5.32 Å². The van der Waals surface area contributed by atoms with E-state index in [-0.39, 0.29) is 19.1 Å². The van der Waals surface area contributed by atoms with Gasteiger partial charge in [-0.3, -0.25) is 4.79 Å². The Morgan fingerprint density at radius 3 is 2.60 bits per heavy atom. The van der Waals surface area contributed by atoms with E-state index >= 15 is 0 Å². The molecule has 0 heterocycles. The number of anilines is 1. The monoisotopic (exact) mass is 209 g/mol. The third-order valence-electron chi connectivity index (χ3n) is 1.86. The summed E-state index contributed by atoms with van der Waals surface area (Å²) < 4.78 is 4.96. The highest BCUT2D eigenvalue weighted by Crippen LogP contribution is 2.09. The van der Waals surface area contributed by atoms with Gasteiger partial charge in [0.25, 0.3) is 0 Å². The van der Waals surface area contributed by atoms with Gasteiger partial charge in [-0.15, -0.1) is 0 Å². The number of rotatable bonds is 5. The Morgan fingerprint density at radius 1 is 1.40 bits per heavy atom. The van der Waals surface area contributed by atoms with Crippen molar-refractivity contribution in [2.45, 2.75) is 13.5 Å². The van der Waals surface area contributed by atoms with E-state index < -0.39 is 0 Å². The van der Waals surface area contributed by atoms with Gasteiger partial charge in [0.1, 0.15) is 6.61 Å². The van der Waals surface area contributed by atoms with Crippen LogP contribution in [-0.2, 0) is 16.1 Å². The van der Waals surface area contributed by atoms with Crippen molar-refractivity contribution in [3.05, 3.63) is 29.8 Å². The highest BCUT2D eigenvalue weighted by atomic mass is 16.5. The summed E-state index contributed by atoms with van der Waals surface area (Å²) in [6.45, 7) is 2.44. The lowest BCUT2D eigenvalue weighted by molar-refractivity contribution is -0.120. The molecule has 0 saturated heterocycles. The zero-order valence-electron chi connectivity index (χ0n) is 8.69. The first kappa shape index (κ1) is 11.7. The topological polar surface area (TPSA) is 58.6 Å². The molecule has 1 rings (SSSR count). The second kappa shape index (κ2) is 6.16. The maximum atomic E-state index is 11.2. The minimum atomic E-state index is -0.173. The molecule has 1 aromatic carbocycles. The number of nitrogens with one attached hydrogen (secondary N) is 1. The Balaban J connectivity index is 2.46. The van der Waals surface area contributed by atoms with Crippen LogP contribution in [0, 0.1) is 0 Å². The lowest BCUT2D eigenvalue weighted by atomic mass is 10.2. The second-order valence-electron chi connectivity index (χ2n) is 3.04. The molecule has 0 fully saturated rings. The van der Waals surface area contributed by atoms with Gasteiger partial charge in [0.05, 0.1) is 6.61 Å². The first-order chi connectivity index (χ1) is 7.26. The van der Waals surface area contributed by atoms with Gasteiger partial charge < -0.3 is 15.2 Å². The molecule has 0 radical (unpaired) electrons. The molecule has 0 bridgehead atoms. The van der Waals surface area contributed by atoms with Gasteiger partial charge in [-0.25, -0.2) is 0 Å². The second-order valence-corrected chi connectivity index (χ2v) is 3.04. The standard InChI is InChI=1S/C11H15NO3/c1-2-15-8-11(14)12-10-5-3-9(7-13)4-6-10/h3-6,13H,2,7-8H2,1H3,(H,12,14). The third-order valence-corrected chi connectivity index (χ3v) is 1.86. The minimum Gasteiger partial charge on any atom is -0.392 e. The molecule has 2 N–H and O–H groups in total. The van der Waals surface area contributed by atoms with Crippen molar-refractivity contribution >= 4 is 11.6 Å². The lowest BCUT2D eigenvalue weighted by Gasteiger charge is -2.05. The molecule has 0 unspecified atom stereocenters. The highest BCUT2D eigenvalue weighted by molar-refractivity contribution is 5.91. The normalized spacial score (nSPS) is 10.0. The lowest BCUT2D eigenvalue weighted by Crippen LogP contribution is -2.18. The molecule has 15 heavy (non-hydrogen) atoms. The smallest absolute Gasteiger partial charge is 0.250 e. The van der Waals surface area contributed by atoms with Crippen molar-refractivity contribution in [3.8, 4) is 0 Å². The average Bonchev–Trinajstić information content (AvgIpc) is 2.27. The van der Waals surface area contributed by atoms with Crippen LogP contribution in [0.4, 0.5) is 5.69 Å². The first-order valence-electron chi connectivity index (χ1n) is 4.83. The van der Waals surface area contributed by atoms with Crippen LogP contribution in [0.5, 0.6) is 0 Å². The number of benzene rings is 1. The molecule has 1 amide bonds. The fourth-order valence-corrected chi connectivity index (χ4v) is 1.09. The Hall–Kier alpha value is -1.39.